The van der Waals surface area contributed by atoms with Gasteiger partial charge in [-0.15, -0.1) is 0 Å². The van der Waals surface area contributed by atoms with E-state index in [2.05, 4.69) is 207 Å². The van der Waals surface area contributed by atoms with Gasteiger partial charge in [0.2, 0.25) is 0 Å². The second kappa shape index (κ2) is 16.4. The first-order valence-corrected chi connectivity index (χ1v) is 24.8. The Hall–Kier alpha value is -8.34. The highest BCUT2D eigenvalue weighted by Gasteiger charge is 2.54. The van der Waals surface area contributed by atoms with Gasteiger partial charge in [0.1, 0.15) is 11.6 Å². The van der Waals surface area contributed by atoms with Gasteiger partial charge >= 0.3 is 0 Å². The predicted octanol–water partition coefficient (Wildman–Crippen LogP) is 19.0. The van der Waals surface area contributed by atoms with Gasteiger partial charge in [-0.25, -0.2) is 8.78 Å². The maximum absolute atomic E-state index is 14.8. The first kappa shape index (κ1) is 42.7. The Morgan fingerprint density at radius 1 is 0.338 bits per heavy atom. The molecule has 0 aromatic heterocycles. The van der Waals surface area contributed by atoms with E-state index >= 15 is 0 Å². The summed E-state index contributed by atoms with van der Waals surface area (Å²) in [7, 11) is 0. The maximum Gasteiger partial charge on any atom is 0.123 e. The van der Waals surface area contributed by atoms with Crippen LogP contribution in [0, 0.1) is 11.6 Å². The fourth-order valence-electron chi connectivity index (χ4n) is 12.1. The van der Waals surface area contributed by atoms with Gasteiger partial charge in [0.05, 0.1) is 11.1 Å². The van der Waals surface area contributed by atoms with E-state index in [0.717, 1.165) is 61.1 Å². The summed E-state index contributed by atoms with van der Waals surface area (Å²) in [5.41, 5.74) is 17.5. The molecule has 342 valence electrons. The minimum absolute atomic E-state index is 0.272. The van der Waals surface area contributed by atoms with Crippen molar-refractivity contribution in [3.63, 3.8) is 0 Å². The van der Waals surface area contributed by atoms with E-state index in [1.807, 2.05) is 24.3 Å². The van der Waals surface area contributed by atoms with Crippen molar-refractivity contribution >= 4 is 66.4 Å². The standard InChI is InChI=1S/C67H50F2N2/c1-41(2)43-21-29-47(30-22-43)70(48-33-25-45(68)26-34-48)51-37-38-58-59(39-51)52-13-5-7-17-56(52)64-60-40-63(71(50-35-27-46(69)28-36-50)49-31-23-44(24-32-49)42(3)4)55-16-6-8-18-57(55)65(60)67(66(58)64)61-19-11-9-14-53(61)54-15-10-12-20-62(54)67/h5-42H,1-4H3. The lowest BCUT2D eigenvalue weighted by Crippen LogP contribution is -2.26. The third kappa shape index (κ3) is 6.44. The molecule has 0 radical (unpaired) electrons. The van der Waals surface area contributed by atoms with Crippen molar-refractivity contribution < 1.29 is 8.78 Å². The van der Waals surface area contributed by atoms with Crippen LogP contribution < -0.4 is 9.80 Å². The summed E-state index contributed by atoms with van der Waals surface area (Å²) in [4.78, 5) is 4.55. The number of hydrogen-bond donors (Lipinski definition) is 0. The topological polar surface area (TPSA) is 6.48 Å². The molecule has 0 aliphatic heterocycles. The van der Waals surface area contributed by atoms with Crippen molar-refractivity contribution in [3.05, 3.63) is 263 Å². The largest absolute Gasteiger partial charge is 0.310 e. The van der Waals surface area contributed by atoms with Crippen molar-refractivity contribution in [3.8, 4) is 22.3 Å². The van der Waals surface area contributed by atoms with E-state index in [9.17, 15) is 8.78 Å². The number of fused-ring (bicyclic) bond motifs is 17. The number of anilines is 6. The number of benzene rings is 11. The molecule has 4 heteroatoms. The highest BCUT2D eigenvalue weighted by atomic mass is 19.1. The molecule has 71 heavy (non-hydrogen) atoms. The molecule has 0 amide bonds. The van der Waals surface area contributed by atoms with E-state index in [-0.39, 0.29) is 11.6 Å². The van der Waals surface area contributed by atoms with E-state index in [1.165, 1.54) is 61.0 Å². The minimum Gasteiger partial charge on any atom is -0.310 e. The molecule has 11 aromatic rings. The number of rotatable bonds is 8. The zero-order valence-corrected chi connectivity index (χ0v) is 40.1. The van der Waals surface area contributed by atoms with E-state index in [1.54, 1.807) is 24.3 Å². The molecule has 0 fully saturated rings. The van der Waals surface area contributed by atoms with Crippen molar-refractivity contribution in [2.75, 3.05) is 9.80 Å². The van der Waals surface area contributed by atoms with Crippen molar-refractivity contribution in [1.29, 1.82) is 0 Å². The number of hydrogen-bond acceptors (Lipinski definition) is 2. The number of nitrogens with zero attached hydrogens (tertiary/aromatic N) is 2. The summed E-state index contributed by atoms with van der Waals surface area (Å²) in [5, 5.41) is 6.89. The zero-order chi connectivity index (χ0) is 48.1. The first-order chi connectivity index (χ1) is 34.7. The maximum atomic E-state index is 14.8. The van der Waals surface area contributed by atoms with Crippen molar-refractivity contribution in [1.82, 2.24) is 0 Å². The molecule has 1 spiro atoms. The molecule has 0 unspecified atom stereocenters. The van der Waals surface area contributed by atoms with E-state index in [0.29, 0.717) is 11.8 Å². The van der Waals surface area contributed by atoms with Crippen LogP contribution in [0.25, 0.3) is 54.6 Å². The average molecular weight is 921 g/mol. The highest BCUT2D eigenvalue weighted by Crippen LogP contribution is 2.67. The van der Waals surface area contributed by atoms with Crippen LogP contribution in [0.4, 0.5) is 42.9 Å². The Labute approximate surface area is 413 Å². The molecule has 0 heterocycles. The summed E-state index contributed by atoms with van der Waals surface area (Å²) in [6, 6.07) is 76.5. The Balaban J connectivity index is 1.16. The fourth-order valence-corrected chi connectivity index (χ4v) is 12.1. The van der Waals surface area contributed by atoms with Crippen LogP contribution in [0.1, 0.15) is 72.9 Å². The van der Waals surface area contributed by atoms with E-state index in [4.69, 9.17) is 0 Å². The molecule has 0 atom stereocenters. The fraction of sp³-hybridized carbons (Fsp3) is 0.104. The number of halogens is 2. The normalized spacial score (nSPS) is 13.0. The SMILES string of the molecule is CC(C)c1ccc(N(c2ccc(F)cc2)c2ccc3c4c(c5ccccc5c3c2)-c2cc(N(c3ccc(F)cc3)c3ccc(C(C)C)cc3)c3ccccc3c2C42c3ccccc3-c3ccccc32)cc1. The summed E-state index contributed by atoms with van der Waals surface area (Å²) < 4.78 is 29.5. The van der Waals surface area contributed by atoms with Gasteiger partial charge in [-0.2, -0.15) is 0 Å². The van der Waals surface area contributed by atoms with Crippen LogP contribution in [0.5, 0.6) is 0 Å². The van der Waals surface area contributed by atoms with Crippen molar-refractivity contribution in [2.45, 2.75) is 44.9 Å². The van der Waals surface area contributed by atoms with Crippen molar-refractivity contribution in [2.24, 2.45) is 0 Å². The second-order valence-corrected chi connectivity index (χ2v) is 19.8. The van der Waals surface area contributed by atoms with E-state index < -0.39 is 5.41 Å². The van der Waals surface area contributed by atoms with Gasteiger partial charge in [-0.1, -0.05) is 155 Å². The molecule has 13 rings (SSSR count). The minimum atomic E-state index is -0.706. The molecular weight excluding hydrogens is 871 g/mol. The predicted molar refractivity (Wildman–Crippen MR) is 293 cm³/mol. The molecule has 2 aliphatic rings. The van der Waals surface area contributed by atoms with Gasteiger partial charge in [0, 0.05) is 33.8 Å². The second-order valence-electron chi connectivity index (χ2n) is 19.8. The highest BCUT2D eigenvalue weighted by molar-refractivity contribution is 6.23. The van der Waals surface area contributed by atoms with Crippen LogP contribution >= 0.6 is 0 Å². The summed E-state index contributed by atoms with van der Waals surface area (Å²) in [6.07, 6.45) is 0. The lowest BCUT2D eigenvalue weighted by molar-refractivity contribution is 0.627. The van der Waals surface area contributed by atoms with Crippen LogP contribution in [-0.2, 0) is 5.41 Å². The molecule has 2 nitrogen and oxygen atoms in total. The molecule has 0 bridgehead atoms. The summed E-state index contributed by atoms with van der Waals surface area (Å²) >= 11 is 0. The average Bonchev–Trinajstić information content (AvgIpc) is 3.88. The molecule has 0 saturated carbocycles. The summed E-state index contributed by atoms with van der Waals surface area (Å²) in [6.45, 7) is 8.86. The molecule has 0 saturated heterocycles. The van der Waals surface area contributed by atoms with Gasteiger partial charge < -0.3 is 9.80 Å². The van der Waals surface area contributed by atoms with Gasteiger partial charge in [-0.3, -0.25) is 0 Å². The van der Waals surface area contributed by atoms with Crippen LogP contribution in [-0.4, -0.2) is 0 Å². The van der Waals surface area contributed by atoms with Crippen LogP contribution in [0.15, 0.2) is 218 Å². The molecular formula is C67H50F2N2. The van der Waals surface area contributed by atoms with Gasteiger partial charge in [0.15, 0.2) is 0 Å². The zero-order valence-electron chi connectivity index (χ0n) is 40.1. The smallest absolute Gasteiger partial charge is 0.123 e. The van der Waals surface area contributed by atoms with Crippen LogP contribution in [0.3, 0.4) is 0 Å². The lowest BCUT2D eigenvalue weighted by Gasteiger charge is -2.34. The lowest BCUT2D eigenvalue weighted by atomic mass is 9.68. The van der Waals surface area contributed by atoms with Gasteiger partial charge in [0.25, 0.3) is 0 Å². The van der Waals surface area contributed by atoms with Crippen LogP contribution in [0.2, 0.25) is 0 Å². The van der Waals surface area contributed by atoms with Gasteiger partial charge in [-0.05, 0) is 185 Å². The Bertz CT molecular complexity index is 3840. The first-order valence-electron chi connectivity index (χ1n) is 24.8. The summed E-state index contributed by atoms with van der Waals surface area (Å²) in [5.74, 6) is 0.209. The Morgan fingerprint density at radius 3 is 1.30 bits per heavy atom. The third-order valence-electron chi connectivity index (χ3n) is 15.3. The monoisotopic (exact) mass is 920 g/mol. The Morgan fingerprint density at radius 2 is 0.761 bits per heavy atom. The molecule has 11 aromatic carbocycles. The molecule has 2 aliphatic carbocycles. The molecule has 0 N–H and O–H groups in total. The Kier molecular flexibility index (Phi) is 9.87. The third-order valence-corrected chi connectivity index (χ3v) is 15.3. The quantitative estimate of drug-likeness (QED) is 0.140.